The summed E-state index contributed by atoms with van der Waals surface area (Å²) in [6.07, 6.45) is 0.551. The summed E-state index contributed by atoms with van der Waals surface area (Å²) >= 11 is 0. The fourth-order valence-electron chi connectivity index (χ4n) is 3.50. The van der Waals surface area contributed by atoms with Crippen molar-refractivity contribution >= 4 is 11.8 Å². The van der Waals surface area contributed by atoms with Crippen LogP contribution < -0.4 is 19.5 Å². The van der Waals surface area contributed by atoms with E-state index in [1.807, 2.05) is 0 Å². The predicted molar refractivity (Wildman–Crippen MR) is 99.1 cm³/mol. The summed E-state index contributed by atoms with van der Waals surface area (Å²) in [7, 11) is 3.24. The van der Waals surface area contributed by atoms with Gasteiger partial charge < -0.3 is 29.5 Å². The Morgan fingerprint density at radius 2 is 1.96 bits per heavy atom. The van der Waals surface area contributed by atoms with Gasteiger partial charge in [0.2, 0.25) is 12.5 Å². The molecule has 0 spiro atoms. The fraction of sp³-hybridized carbons (Fsp3) is 0.300. The molecule has 4 rings (SSSR count). The molecule has 8 heteroatoms. The highest BCUT2D eigenvalue weighted by molar-refractivity contribution is 6.01. The number of nitrogens with one attached hydrogen (secondary N) is 1. The molecule has 8 nitrogen and oxygen atoms in total. The minimum absolute atomic E-state index is 0.0464. The van der Waals surface area contributed by atoms with E-state index < -0.39 is 0 Å². The lowest BCUT2D eigenvalue weighted by Gasteiger charge is -2.28. The SMILES string of the molecule is COc1ccc(C(=O)NCc2c3c(c(O)c4c2OCO4)C(=O)N(C)CC3)cc1. The summed E-state index contributed by atoms with van der Waals surface area (Å²) < 4.78 is 16.0. The number of carbonyl (C=O) groups excluding carboxylic acids is 2. The van der Waals surface area contributed by atoms with Crippen molar-refractivity contribution in [3.05, 3.63) is 46.5 Å². The first-order chi connectivity index (χ1) is 13.5. The van der Waals surface area contributed by atoms with Gasteiger partial charge in [-0.25, -0.2) is 0 Å². The number of nitrogens with zero attached hydrogens (tertiary/aromatic N) is 1. The Hall–Kier alpha value is -3.42. The molecule has 0 saturated carbocycles. The van der Waals surface area contributed by atoms with E-state index in [9.17, 15) is 14.7 Å². The molecule has 2 aliphatic rings. The Kier molecular flexibility index (Phi) is 4.46. The van der Waals surface area contributed by atoms with E-state index in [0.29, 0.717) is 41.2 Å². The van der Waals surface area contributed by atoms with Crippen LogP contribution in [0.2, 0.25) is 0 Å². The van der Waals surface area contributed by atoms with E-state index in [0.717, 1.165) is 0 Å². The van der Waals surface area contributed by atoms with Crippen LogP contribution in [0.3, 0.4) is 0 Å². The molecule has 2 N–H and O–H groups in total. The van der Waals surface area contributed by atoms with Crippen LogP contribution in [0.5, 0.6) is 23.0 Å². The quantitative estimate of drug-likeness (QED) is 0.833. The van der Waals surface area contributed by atoms with E-state index in [1.54, 1.807) is 43.3 Å². The van der Waals surface area contributed by atoms with Crippen LogP contribution in [0.4, 0.5) is 0 Å². The molecule has 0 unspecified atom stereocenters. The van der Waals surface area contributed by atoms with Gasteiger partial charge in [-0.05, 0) is 36.2 Å². The molecule has 146 valence electrons. The van der Waals surface area contributed by atoms with E-state index in [-0.39, 0.29) is 42.2 Å². The fourth-order valence-corrected chi connectivity index (χ4v) is 3.50. The van der Waals surface area contributed by atoms with E-state index in [2.05, 4.69) is 5.32 Å². The first-order valence-electron chi connectivity index (χ1n) is 8.85. The van der Waals surface area contributed by atoms with Crippen LogP contribution in [0.25, 0.3) is 0 Å². The average molecular weight is 384 g/mol. The van der Waals surface area contributed by atoms with Crippen LogP contribution in [0, 0.1) is 0 Å². The van der Waals surface area contributed by atoms with E-state index >= 15 is 0 Å². The Balaban J connectivity index is 1.65. The van der Waals surface area contributed by atoms with Gasteiger partial charge in [0.25, 0.3) is 11.8 Å². The Labute approximate surface area is 161 Å². The number of methoxy groups -OCH3 is 1. The smallest absolute Gasteiger partial charge is 0.257 e. The van der Waals surface area contributed by atoms with Crippen molar-refractivity contribution in [2.24, 2.45) is 0 Å². The highest BCUT2D eigenvalue weighted by Gasteiger charge is 2.35. The lowest BCUT2D eigenvalue weighted by molar-refractivity contribution is 0.0776. The van der Waals surface area contributed by atoms with Gasteiger partial charge in [0.1, 0.15) is 5.75 Å². The molecule has 0 aliphatic carbocycles. The normalized spacial score (nSPS) is 14.6. The second kappa shape index (κ2) is 6.95. The third-order valence-electron chi connectivity index (χ3n) is 5.04. The second-order valence-corrected chi connectivity index (χ2v) is 6.63. The number of carbonyl (C=O) groups is 2. The summed E-state index contributed by atoms with van der Waals surface area (Å²) in [6, 6.07) is 6.76. The van der Waals surface area contributed by atoms with Gasteiger partial charge in [0.15, 0.2) is 11.5 Å². The molecule has 28 heavy (non-hydrogen) atoms. The van der Waals surface area contributed by atoms with Crippen molar-refractivity contribution in [3.8, 4) is 23.0 Å². The largest absolute Gasteiger partial charge is 0.504 e. The Morgan fingerprint density at radius 3 is 2.68 bits per heavy atom. The van der Waals surface area contributed by atoms with Crippen molar-refractivity contribution in [1.29, 1.82) is 0 Å². The number of rotatable bonds is 4. The summed E-state index contributed by atoms with van der Waals surface area (Å²) in [5.74, 6) is 0.440. The van der Waals surface area contributed by atoms with Crippen molar-refractivity contribution < 1.29 is 28.9 Å². The maximum absolute atomic E-state index is 12.6. The zero-order chi connectivity index (χ0) is 19.8. The van der Waals surface area contributed by atoms with Gasteiger partial charge in [-0.1, -0.05) is 0 Å². The molecule has 2 heterocycles. The molecule has 0 bridgehead atoms. The van der Waals surface area contributed by atoms with E-state index in [1.165, 1.54) is 0 Å². The number of aromatic hydroxyl groups is 1. The maximum atomic E-state index is 12.6. The minimum atomic E-state index is -0.278. The molecule has 0 aromatic heterocycles. The molecule has 2 amide bonds. The third kappa shape index (κ3) is 2.87. The van der Waals surface area contributed by atoms with Gasteiger partial charge in [-0.2, -0.15) is 0 Å². The Morgan fingerprint density at radius 1 is 1.25 bits per heavy atom. The molecule has 2 aliphatic heterocycles. The average Bonchev–Trinajstić information content (AvgIpc) is 3.20. The molecule has 0 saturated heterocycles. The van der Waals surface area contributed by atoms with Crippen LogP contribution in [0.1, 0.15) is 31.8 Å². The van der Waals surface area contributed by atoms with Gasteiger partial charge in [-0.15, -0.1) is 0 Å². The van der Waals surface area contributed by atoms with Crippen LogP contribution in [-0.4, -0.2) is 49.3 Å². The van der Waals surface area contributed by atoms with Crippen LogP contribution >= 0.6 is 0 Å². The molecule has 0 radical (unpaired) electrons. The highest BCUT2D eigenvalue weighted by Crippen LogP contribution is 2.48. The summed E-state index contributed by atoms with van der Waals surface area (Å²) in [5, 5.41) is 13.4. The minimum Gasteiger partial charge on any atom is -0.504 e. The topological polar surface area (TPSA) is 97.3 Å². The van der Waals surface area contributed by atoms with Gasteiger partial charge >= 0.3 is 0 Å². The lowest BCUT2D eigenvalue weighted by Crippen LogP contribution is -2.35. The van der Waals surface area contributed by atoms with Gasteiger partial charge in [-0.3, -0.25) is 9.59 Å². The zero-order valence-electron chi connectivity index (χ0n) is 15.6. The maximum Gasteiger partial charge on any atom is 0.257 e. The predicted octanol–water partition coefficient (Wildman–Crippen LogP) is 1.69. The molecule has 0 atom stereocenters. The van der Waals surface area contributed by atoms with E-state index in [4.69, 9.17) is 14.2 Å². The summed E-state index contributed by atoms with van der Waals surface area (Å²) in [4.78, 5) is 26.6. The van der Waals surface area contributed by atoms with Crippen molar-refractivity contribution in [2.75, 3.05) is 27.5 Å². The van der Waals surface area contributed by atoms with Gasteiger partial charge in [0, 0.05) is 31.3 Å². The lowest BCUT2D eigenvalue weighted by atomic mass is 9.91. The number of phenols is 1. The van der Waals surface area contributed by atoms with Crippen molar-refractivity contribution in [1.82, 2.24) is 10.2 Å². The number of hydrogen-bond acceptors (Lipinski definition) is 6. The number of hydrogen-bond donors (Lipinski definition) is 2. The molecule has 2 aromatic rings. The summed E-state index contributed by atoms with van der Waals surface area (Å²) in [6.45, 7) is 0.621. The van der Waals surface area contributed by atoms with Crippen molar-refractivity contribution in [3.63, 3.8) is 0 Å². The number of likely N-dealkylation sites (N-methyl/N-ethyl adjacent to an activating group) is 1. The first-order valence-corrected chi connectivity index (χ1v) is 8.85. The number of ether oxygens (including phenoxy) is 3. The highest BCUT2D eigenvalue weighted by atomic mass is 16.7. The molecular weight excluding hydrogens is 364 g/mol. The molecular formula is C20H20N2O6. The molecule has 0 fully saturated rings. The Bertz CT molecular complexity index is 954. The third-order valence-corrected chi connectivity index (χ3v) is 5.04. The van der Waals surface area contributed by atoms with Crippen LogP contribution in [0.15, 0.2) is 24.3 Å². The monoisotopic (exact) mass is 384 g/mol. The number of phenolic OH excluding ortho intramolecular Hbond substituents is 1. The number of fused-ring (bicyclic) bond motifs is 2. The number of amides is 2. The number of benzene rings is 2. The zero-order valence-corrected chi connectivity index (χ0v) is 15.6. The summed E-state index contributed by atoms with van der Waals surface area (Å²) in [5.41, 5.74) is 2.04. The van der Waals surface area contributed by atoms with Crippen molar-refractivity contribution in [2.45, 2.75) is 13.0 Å². The first kappa shape index (κ1) is 18.0. The molecule has 2 aromatic carbocycles. The van der Waals surface area contributed by atoms with Crippen LogP contribution in [-0.2, 0) is 13.0 Å². The second-order valence-electron chi connectivity index (χ2n) is 6.63. The standard InChI is InChI=1S/C20H20N2O6/c1-22-8-7-13-14(9-21-19(24)11-3-5-12(26-2)6-4-11)17-18(28-10-27-17)16(23)15(13)20(22)25/h3-6,23H,7-10H2,1-2H3,(H,21,24). The van der Waals surface area contributed by atoms with Gasteiger partial charge in [0.05, 0.1) is 12.7 Å².